The van der Waals surface area contributed by atoms with Gasteiger partial charge in [-0.1, -0.05) is 0 Å². The highest BCUT2D eigenvalue weighted by Gasteiger charge is 2.62. The van der Waals surface area contributed by atoms with Gasteiger partial charge in [-0.3, -0.25) is 9.36 Å². The number of alkyl halides is 3. The minimum absolute atomic E-state index is 0.145. The van der Waals surface area contributed by atoms with Crippen LogP contribution in [0.25, 0.3) is 0 Å². The van der Waals surface area contributed by atoms with Gasteiger partial charge in [0.25, 0.3) is 5.56 Å². The number of rotatable bonds is 2. The first-order valence-electron chi connectivity index (χ1n) is 8.12. The number of morpholine rings is 1. The number of aromatic nitrogens is 2. The molecule has 0 bridgehead atoms. The van der Waals surface area contributed by atoms with Crippen LogP contribution in [0.1, 0.15) is 19.8 Å². The Morgan fingerprint density at radius 1 is 1.29 bits per heavy atom. The van der Waals surface area contributed by atoms with E-state index >= 15 is 0 Å². The maximum atomic E-state index is 13.7. The molecule has 0 radical (unpaired) electrons. The van der Waals surface area contributed by atoms with Gasteiger partial charge in [0.05, 0.1) is 19.8 Å². The van der Waals surface area contributed by atoms with Gasteiger partial charge >= 0.3 is 6.18 Å². The Bertz CT molecular complexity index is 710. The second-order valence-corrected chi connectivity index (χ2v) is 6.81. The zero-order chi connectivity index (χ0) is 17.1. The summed E-state index contributed by atoms with van der Waals surface area (Å²) in [6.07, 6.45) is -3.04. The third kappa shape index (κ3) is 2.28. The summed E-state index contributed by atoms with van der Waals surface area (Å²) in [5.74, 6) is 0.581. The fourth-order valence-electron chi connectivity index (χ4n) is 3.50. The summed E-state index contributed by atoms with van der Waals surface area (Å²) in [6, 6.07) is 1.14. The molecule has 3 aliphatic rings. The molecule has 9 heteroatoms. The summed E-state index contributed by atoms with van der Waals surface area (Å²) < 4.78 is 47.6. The van der Waals surface area contributed by atoms with E-state index in [2.05, 4.69) is 4.98 Å². The molecule has 0 unspecified atom stereocenters. The van der Waals surface area contributed by atoms with Crippen molar-refractivity contribution in [1.82, 2.24) is 9.55 Å². The summed E-state index contributed by atoms with van der Waals surface area (Å²) in [5.41, 5.74) is -2.52. The van der Waals surface area contributed by atoms with Gasteiger partial charge in [0.1, 0.15) is 5.82 Å². The van der Waals surface area contributed by atoms with Crippen molar-refractivity contribution in [2.24, 2.45) is 0 Å². The first-order valence-corrected chi connectivity index (χ1v) is 8.12. The first-order chi connectivity index (χ1) is 11.3. The fourth-order valence-corrected chi connectivity index (χ4v) is 3.50. The van der Waals surface area contributed by atoms with Gasteiger partial charge in [-0.2, -0.15) is 18.2 Å². The van der Waals surface area contributed by atoms with Gasteiger partial charge in [-0.25, -0.2) is 0 Å². The highest BCUT2D eigenvalue weighted by atomic mass is 19.4. The van der Waals surface area contributed by atoms with Crippen molar-refractivity contribution in [3.8, 4) is 0 Å². The molecule has 2 aliphatic heterocycles. The van der Waals surface area contributed by atoms with Crippen LogP contribution in [0.15, 0.2) is 10.9 Å². The van der Waals surface area contributed by atoms with Gasteiger partial charge in [-0.05, 0) is 19.8 Å². The van der Waals surface area contributed by atoms with Gasteiger partial charge < -0.3 is 14.5 Å². The van der Waals surface area contributed by atoms with Crippen LogP contribution in [0.2, 0.25) is 0 Å². The SMILES string of the molecule is C[C@@]1(C(F)(F)F)Cn2c(nc(N3CCOCC3)cc2=O)N1C1CC1. The second-order valence-electron chi connectivity index (χ2n) is 6.81. The Labute approximate surface area is 136 Å². The van der Waals surface area contributed by atoms with E-state index in [0.717, 1.165) is 11.5 Å². The van der Waals surface area contributed by atoms with Crippen molar-refractivity contribution in [2.45, 2.75) is 44.1 Å². The third-order valence-corrected chi connectivity index (χ3v) is 5.05. The van der Waals surface area contributed by atoms with Crippen molar-refractivity contribution >= 4 is 11.8 Å². The Morgan fingerprint density at radius 2 is 1.96 bits per heavy atom. The number of ether oxygens (including phenoxy) is 1. The summed E-state index contributed by atoms with van der Waals surface area (Å²) >= 11 is 0. The minimum Gasteiger partial charge on any atom is -0.378 e. The molecule has 1 aliphatic carbocycles. The van der Waals surface area contributed by atoms with Crippen molar-refractivity contribution in [2.75, 3.05) is 36.1 Å². The Morgan fingerprint density at radius 3 is 2.54 bits per heavy atom. The van der Waals surface area contributed by atoms with E-state index in [1.165, 1.54) is 11.0 Å². The van der Waals surface area contributed by atoms with Gasteiger partial charge in [0.2, 0.25) is 5.95 Å². The molecule has 0 spiro atoms. The fraction of sp³-hybridized carbons (Fsp3) is 0.733. The highest BCUT2D eigenvalue weighted by Crippen LogP contribution is 2.48. The first kappa shape index (κ1) is 15.7. The molecule has 1 saturated heterocycles. The van der Waals surface area contributed by atoms with Crippen LogP contribution >= 0.6 is 0 Å². The maximum Gasteiger partial charge on any atom is 0.413 e. The lowest BCUT2D eigenvalue weighted by Gasteiger charge is -2.37. The zero-order valence-corrected chi connectivity index (χ0v) is 13.3. The Kier molecular flexibility index (Phi) is 3.35. The Balaban J connectivity index is 1.79. The van der Waals surface area contributed by atoms with Crippen LogP contribution in [0.3, 0.4) is 0 Å². The molecule has 1 atom stereocenters. The molecule has 1 saturated carbocycles. The van der Waals surface area contributed by atoms with Crippen molar-refractivity contribution < 1.29 is 17.9 Å². The second kappa shape index (κ2) is 5.11. The molecule has 0 aromatic carbocycles. The monoisotopic (exact) mass is 344 g/mol. The summed E-state index contributed by atoms with van der Waals surface area (Å²) in [6.45, 7) is 2.95. The Hall–Kier alpha value is -1.77. The van der Waals surface area contributed by atoms with E-state index in [9.17, 15) is 18.0 Å². The molecule has 24 heavy (non-hydrogen) atoms. The summed E-state index contributed by atoms with van der Waals surface area (Å²) in [4.78, 5) is 20.1. The molecule has 132 valence electrons. The average molecular weight is 344 g/mol. The standard InChI is InChI=1S/C15H19F3N4O2/c1-14(15(16,17)18)9-21-12(23)8-11(20-4-6-24-7-5-20)19-13(21)22(14)10-2-3-10/h8,10H,2-7,9H2,1H3/t14-/m0/s1. The van der Waals surface area contributed by atoms with Crippen LogP contribution in [0.4, 0.5) is 24.9 Å². The number of halogens is 3. The lowest BCUT2D eigenvalue weighted by atomic mass is 10.0. The van der Waals surface area contributed by atoms with E-state index in [4.69, 9.17) is 4.74 Å². The van der Waals surface area contributed by atoms with Crippen molar-refractivity contribution in [3.63, 3.8) is 0 Å². The third-order valence-electron chi connectivity index (χ3n) is 5.05. The lowest BCUT2D eigenvalue weighted by Crippen LogP contribution is -2.56. The topological polar surface area (TPSA) is 50.6 Å². The highest BCUT2D eigenvalue weighted by molar-refractivity contribution is 5.51. The maximum absolute atomic E-state index is 13.7. The van der Waals surface area contributed by atoms with E-state index < -0.39 is 23.8 Å². The van der Waals surface area contributed by atoms with E-state index in [1.54, 1.807) is 0 Å². The predicted octanol–water partition coefficient (Wildman–Crippen LogP) is 1.38. The van der Waals surface area contributed by atoms with Crippen LogP contribution in [-0.4, -0.2) is 53.6 Å². The molecular formula is C15H19F3N4O2. The van der Waals surface area contributed by atoms with Crippen LogP contribution in [0.5, 0.6) is 0 Å². The van der Waals surface area contributed by atoms with Crippen LogP contribution in [0, 0.1) is 0 Å². The van der Waals surface area contributed by atoms with Crippen molar-refractivity contribution in [1.29, 1.82) is 0 Å². The number of fused-ring (bicyclic) bond motifs is 1. The molecule has 6 nitrogen and oxygen atoms in total. The molecule has 4 rings (SSSR count). The summed E-state index contributed by atoms with van der Waals surface area (Å²) in [5, 5.41) is 0. The average Bonchev–Trinajstić information content (AvgIpc) is 3.30. The van der Waals surface area contributed by atoms with Gasteiger partial charge in [0, 0.05) is 25.2 Å². The van der Waals surface area contributed by atoms with Gasteiger partial charge in [-0.15, -0.1) is 0 Å². The van der Waals surface area contributed by atoms with Crippen molar-refractivity contribution in [3.05, 3.63) is 16.4 Å². The largest absolute Gasteiger partial charge is 0.413 e. The van der Waals surface area contributed by atoms with Crippen LogP contribution in [-0.2, 0) is 11.3 Å². The van der Waals surface area contributed by atoms with E-state index in [0.29, 0.717) is 45.0 Å². The quantitative estimate of drug-likeness (QED) is 0.811. The molecule has 0 N–H and O–H groups in total. The van der Waals surface area contributed by atoms with E-state index in [-0.39, 0.29) is 12.0 Å². The molecule has 1 aromatic heterocycles. The number of hydrogen-bond acceptors (Lipinski definition) is 5. The normalized spacial score (nSPS) is 27.5. The smallest absolute Gasteiger partial charge is 0.378 e. The molecule has 1 aromatic rings. The predicted molar refractivity (Wildman–Crippen MR) is 81.5 cm³/mol. The molecule has 3 heterocycles. The number of nitrogens with zero attached hydrogens (tertiary/aromatic N) is 4. The lowest BCUT2D eigenvalue weighted by molar-refractivity contribution is -0.182. The summed E-state index contributed by atoms with van der Waals surface area (Å²) in [7, 11) is 0. The molecular weight excluding hydrogens is 325 g/mol. The zero-order valence-electron chi connectivity index (χ0n) is 13.3. The van der Waals surface area contributed by atoms with Crippen LogP contribution < -0.4 is 15.4 Å². The molecule has 0 amide bonds. The number of hydrogen-bond donors (Lipinski definition) is 0. The van der Waals surface area contributed by atoms with E-state index in [1.807, 2.05) is 4.90 Å². The molecule has 2 fully saturated rings. The van der Waals surface area contributed by atoms with Gasteiger partial charge in [0.15, 0.2) is 5.54 Å². The number of anilines is 2. The minimum atomic E-state index is -4.44.